The Morgan fingerprint density at radius 1 is 1.00 bits per heavy atom. The predicted octanol–water partition coefficient (Wildman–Crippen LogP) is 1.59. The monoisotopic (exact) mass is 512 g/mol. The summed E-state index contributed by atoms with van der Waals surface area (Å²) in [4.78, 5) is 41.7. The van der Waals surface area contributed by atoms with Gasteiger partial charge in [0.15, 0.2) is 0 Å². The Bertz CT molecular complexity index is 1220. The van der Waals surface area contributed by atoms with Crippen LogP contribution in [-0.4, -0.2) is 57.2 Å². The lowest BCUT2D eigenvalue weighted by atomic mass is 9.94. The first-order chi connectivity index (χ1) is 17.1. The predicted molar refractivity (Wildman–Crippen MR) is 135 cm³/mol. The molecule has 0 aliphatic carbocycles. The number of benzene rings is 2. The standard InChI is InChI=1S/C26H32N4O5S/c1-18-2-6-22(7-3-18)30-17-21(16-24(30)31)26(33)29-14-11-20(12-15-29)25(32)28-13-10-19-4-8-23(9-5-19)36(27,34)35/h2-9,20-21H,10-17H2,1H3,(H,28,32)(H2,27,34,35). The van der Waals surface area contributed by atoms with Gasteiger partial charge >= 0.3 is 0 Å². The van der Waals surface area contributed by atoms with Crippen molar-refractivity contribution in [1.29, 1.82) is 0 Å². The van der Waals surface area contributed by atoms with Crippen LogP contribution >= 0.6 is 0 Å². The molecule has 36 heavy (non-hydrogen) atoms. The third kappa shape index (κ3) is 6.11. The number of amides is 3. The number of likely N-dealkylation sites (tertiary alicyclic amines) is 1. The molecule has 0 radical (unpaired) electrons. The van der Waals surface area contributed by atoms with Crippen molar-refractivity contribution in [2.75, 3.05) is 31.1 Å². The second kappa shape index (κ2) is 10.8. The molecule has 1 atom stereocenters. The highest BCUT2D eigenvalue weighted by Crippen LogP contribution is 2.28. The molecule has 2 aromatic rings. The lowest BCUT2D eigenvalue weighted by Crippen LogP contribution is -2.45. The van der Waals surface area contributed by atoms with Gasteiger partial charge in [0.25, 0.3) is 0 Å². The van der Waals surface area contributed by atoms with E-state index in [2.05, 4.69) is 5.32 Å². The molecule has 0 bridgehead atoms. The largest absolute Gasteiger partial charge is 0.356 e. The topological polar surface area (TPSA) is 130 Å². The Balaban J connectivity index is 1.21. The van der Waals surface area contributed by atoms with Crippen LogP contribution in [0, 0.1) is 18.8 Å². The van der Waals surface area contributed by atoms with E-state index in [1.807, 2.05) is 31.2 Å². The summed E-state index contributed by atoms with van der Waals surface area (Å²) in [6, 6.07) is 14.0. The molecule has 2 aliphatic heterocycles. The van der Waals surface area contributed by atoms with Gasteiger partial charge in [-0.2, -0.15) is 0 Å². The summed E-state index contributed by atoms with van der Waals surface area (Å²) in [7, 11) is -3.72. The Morgan fingerprint density at radius 3 is 2.25 bits per heavy atom. The maximum atomic E-state index is 13.1. The van der Waals surface area contributed by atoms with Gasteiger partial charge in [-0.1, -0.05) is 29.8 Å². The van der Waals surface area contributed by atoms with Crippen LogP contribution in [0.2, 0.25) is 0 Å². The molecule has 3 amide bonds. The highest BCUT2D eigenvalue weighted by molar-refractivity contribution is 7.89. The number of primary sulfonamides is 1. The van der Waals surface area contributed by atoms with Crippen molar-refractivity contribution >= 4 is 33.4 Å². The molecule has 0 spiro atoms. The molecule has 2 aliphatic rings. The highest BCUT2D eigenvalue weighted by atomic mass is 32.2. The van der Waals surface area contributed by atoms with E-state index in [4.69, 9.17) is 5.14 Å². The van der Waals surface area contributed by atoms with Crippen LogP contribution in [-0.2, 0) is 30.8 Å². The molecule has 2 heterocycles. The van der Waals surface area contributed by atoms with Crippen LogP contribution in [0.15, 0.2) is 53.4 Å². The second-order valence-corrected chi connectivity index (χ2v) is 11.1. The third-order valence-corrected chi connectivity index (χ3v) is 7.89. The molecular formula is C26H32N4O5S. The van der Waals surface area contributed by atoms with Crippen molar-refractivity contribution in [3.63, 3.8) is 0 Å². The molecule has 192 valence electrons. The molecule has 0 saturated carbocycles. The molecular weight excluding hydrogens is 480 g/mol. The van der Waals surface area contributed by atoms with Crippen molar-refractivity contribution in [2.45, 2.75) is 37.5 Å². The van der Waals surface area contributed by atoms with Gasteiger partial charge < -0.3 is 15.1 Å². The first-order valence-electron chi connectivity index (χ1n) is 12.2. The summed E-state index contributed by atoms with van der Waals surface area (Å²) in [5.74, 6) is -0.603. The number of sulfonamides is 1. The summed E-state index contributed by atoms with van der Waals surface area (Å²) >= 11 is 0. The Morgan fingerprint density at radius 2 is 1.64 bits per heavy atom. The van der Waals surface area contributed by atoms with Crippen LogP contribution < -0.4 is 15.4 Å². The number of carbonyl (C=O) groups is 3. The number of hydrogen-bond acceptors (Lipinski definition) is 5. The minimum absolute atomic E-state index is 0.0141. The zero-order valence-corrected chi connectivity index (χ0v) is 21.2. The van der Waals surface area contributed by atoms with Crippen LogP contribution in [0.5, 0.6) is 0 Å². The fraction of sp³-hybridized carbons (Fsp3) is 0.423. The molecule has 10 heteroatoms. The van der Waals surface area contributed by atoms with Crippen LogP contribution in [0.25, 0.3) is 0 Å². The van der Waals surface area contributed by atoms with Crippen LogP contribution in [0.4, 0.5) is 5.69 Å². The zero-order valence-electron chi connectivity index (χ0n) is 20.4. The minimum Gasteiger partial charge on any atom is -0.356 e. The summed E-state index contributed by atoms with van der Waals surface area (Å²) in [6.07, 6.45) is 1.96. The van der Waals surface area contributed by atoms with Crippen molar-refractivity contribution in [3.8, 4) is 0 Å². The number of nitrogens with one attached hydrogen (secondary N) is 1. The molecule has 2 aromatic carbocycles. The zero-order chi connectivity index (χ0) is 25.9. The van der Waals surface area contributed by atoms with Crippen LogP contribution in [0.1, 0.15) is 30.4 Å². The molecule has 2 saturated heterocycles. The average molecular weight is 513 g/mol. The fourth-order valence-corrected chi connectivity index (χ4v) is 5.30. The number of aryl methyl sites for hydroxylation is 1. The van der Waals surface area contributed by atoms with Crippen LogP contribution in [0.3, 0.4) is 0 Å². The Kier molecular flexibility index (Phi) is 7.75. The van der Waals surface area contributed by atoms with E-state index < -0.39 is 10.0 Å². The van der Waals surface area contributed by atoms with Gasteiger partial charge in [0, 0.05) is 44.2 Å². The SMILES string of the molecule is Cc1ccc(N2CC(C(=O)N3CCC(C(=O)NCCc4ccc(S(N)(=O)=O)cc4)CC3)CC2=O)cc1. The van der Waals surface area contributed by atoms with E-state index >= 15 is 0 Å². The molecule has 2 fully saturated rings. The number of carbonyl (C=O) groups excluding carboxylic acids is 3. The van der Waals surface area contributed by atoms with Crippen molar-refractivity contribution in [2.24, 2.45) is 17.0 Å². The first kappa shape index (κ1) is 25.8. The molecule has 1 unspecified atom stereocenters. The quantitative estimate of drug-likeness (QED) is 0.582. The van der Waals surface area contributed by atoms with Gasteiger partial charge in [0.2, 0.25) is 27.7 Å². The average Bonchev–Trinajstić information content (AvgIpc) is 3.25. The van der Waals surface area contributed by atoms with Gasteiger partial charge in [-0.25, -0.2) is 13.6 Å². The van der Waals surface area contributed by atoms with E-state index in [1.54, 1.807) is 21.9 Å². The van der Waals surface area contributed by atoms with E-state index in [0.717, 1.165) is 16.8 Å². The fourth-order valence-electron chi connectivity index (χ4n) is 4.79. The van der Waals surface area contributed by atoms with Gasteiger partial charge in [-0.05, 0) is 56.0 Å². The van der Waals surface area contributed by atoms with Gasteiger partial charge in [0.05, 0.1) is 10.8 Å². The Labute approximate surface area is 211 Å². The lowest BCUT2D eigenvalue weighted by molar-refractivity contribution is -0.139. The summed E-state index contributed by atoms with van der Waals surface area (Å²) < 4.78 is 22.7. The number of rotatable bonds is 7. The maximum Gasteiger partial charge on any atom is 0.238 e. The lowest BCUT2D eigenvalue weighted by Gasteiger charge is -2.33. The number of nitrogens with zero attached hydrogens (tertiary/aromatic N) is 2. The first-order valence-corrected chi connectivity index (χ1v) is 13.7. The molecule has 4 rings (SSSR count). The van der Waals surface area contributed by atoms with E-state index in [0.29, 0.717) is 45.4 Å². The Hall–Kier alpha value is -3.24. The summed E-state index contributed by atoms with van der Waals surface area (Å²) in [5, 5.41) is 8.05. The van der Waals surface area contributed by atoms with Crippen molar-refractivity contribution in [3.05, 3.63) is 59.7 Å². The number of hydrogen-bond donors (Lipinski definition) is 2. The smallest absolute Gasteiger partial charge is 0.238 e. The summed E-state index contributed by atoms with van der Waals surface area (Å²) in [5.41, 5.74) is 2.83. The van der Waals surface area contributed by atoms with E-state index in [1.165, 1.54) is 12.1 Å². The third-order valence-electron chi connectivity index (χ3n) is 6.96. The molecule has 3 N–H and O–H groups in total. The summed E-state index contributed by atoms with van der Waals surface area (Å²) in [6.45, 7) is 3.82. The number of piperidine rings is 1. The number of anilines is 1. The maximum absolute atomic E-state index is 13.1. The highest BCUT2D eigenvalue weighted by Gasteiger charge is 2.38. The van der Waals surface area contributed by atoms with E-state index in [-0.39, 0.29) is 40.9 Å². The van der Waals surface area contributed by atoms with Gasteiger partial charge in [-0.15, -0.1) is 0 Å². The molecule has 0 aromatic heterocycles. The van der Waals surface area contributed by atoms with Gasteiger partial charge in [-0.3, -0.25) is 14.4 Å². The minimum atomic E-state index is -3.72. The van der Waals surface area contributed by atoms with E-state index in [9.17, 15) is 22.8 Å². The molecule has 9 nitrogen and oxygen atoms in total. The van der Waals surface area contributed by atoms with Crippen molar-refractivity contribution < 1.29 is 22.8 Å². The van der Waals surface area contributed by atoms with Gasteiger partial charge in [0.1, 0.15) is 0 Å². The van der Waals surface area contributed by atoms with Crippen molar-refractivity contribution in [1.82, 2.24) is 10.2 Å². The number of nitrogens with two attached hydrogens (primary N) is 1. The normalized spacial score (nSPS) is 18.9. The second-order valence-electron chi connectivity index (χ2n) is 9.57.